The molecule has 0 atom stereocenters. The predicted octanol–water partition coefficient (Wildman–Crippen LogP) is 1.31. The molecule has 26 heavy (non-hydrogen) atoms. The average Bonchev–Trinajstić information content (AvgIpc) is 3.00. The van der Waals surface area contributed by atoms with Crippen molar-refractivity contribution in [1.82, 2.24) is 14.4 Å². The molecular weight excluding hydrogens is 356 g/mol. The summed E-state index contributed by atoms with van der Waals surface area (Å²) in [6, 6.07) is 8.48. The Bertz CT molecular complexity index is 963. The number of hydrogen-bond acceptors (Lipinski definition) is 6. The Hall–Kier alpha value is -2.70. The van der Waals surface area contributed by atoms with Gasteiger partial charge in [-0.3, -0.25) is 4.79 Å². The first-order chi connectivity index (χ1) is 12.3. The maximum atomic E-state index is 12.8. The molecule has 2 aromatic rings. The minimum atomic E-state index is -3.71. The fraction of sp³-hybridized carbons (Fsp3) is 0.353. The van der Waals surface area contributed by atoms with Gasteiger partial charge in [0.1, 0.15) is 10.6 Å². The van der Waals surface area contributed by atoms with Crippen LogP contribution in [0.25, 0.3) is 0 Å². The Kier molecular flexibility index (Phi) is 4.80. The smallest absolute Gasteiger partial charge is 0.253 e. The minimum absolute atomic E-state index is 0.0963. The third-order valence-corrected chi connectivity index (χ3v) is 6.47. The van der Waals surface area contributed by atoms with Gasteiger partial charge in [0.2, 0.25) is 10.0 Å². The fourth-order valence-corrected chi connectivity index (χ4v) is 4.72. The van der Waals surface area contributed by atoms with Crippen molar-refractivity contribution in [3.63, 3.8) is 0 Å². The number of hydrogen-bond donors (Lipinski definition) is 0. The van der Waals surface area contributed by atoms with Crippen LogP contribution in [0.3, 0.4) is 0 Å². The number of carbonyl (C=O) groups excluding carboxylic acids is 1. The first kappa shape index (κ1) is 18.1. The highest BCUT2D eigenvalue weighted by Gasteiger charge is 2.34. The Morgan fingerprint density at radius 3 is 2.50 bits per heavy atom. The summed E-state index contributed by atoms with van der Waals surface area (Å²) < 4.78 is 31.9. The number of nitrogens with zero attached hydrogens (tertiary/aromatic N) is 4. The number of piperazine rings is 1. The number of rotatable bonds is 3. The van der Waals surface area contributed by atoms with E-state index in [-0.39, 0.29) is 42.7 Å². The van der Waals surface area contributed by atoms with Gasteiger partial charge in [-0.05, 0) is 32.0 Å². The SMILES string of the molecule is Cc1noc(C)c1S(=O)(=O)N1CCN(C(=O)c2cccc(C#N)c2)CC1. The van der Waals surface area contributed by atoms with Crippen LogP contribution in [0.2, 0.25) is 0 Å². The van der Waals surface area contributed by atoms with E-state index in [2.05, 4.69) is 5.16 Å². The normalized spacial score (nSPS) is 15.7. The minimum Gasteiger partial charge on any atom is -0.360 e. The van der Waals surface area contributed by atoms with Gasteiger partial charge in [-0.15, -0.1) is 0 Å². The summed E-state index contributed by atoms with van der Waals surface area (Å²) in [5.41, 5.74) is 1.16. The first-order valence-corrected chi connectivity index (χ1v) is 9.51. The van der Waals surface area contributed by atoms with Gasteiger partial charge in [-0.25, -0.2) is 8.42 Å². The number of nitriles is 1. The summed E-state index contributed by atoms with van der Waals surface area (Å²) in [4.78, 5) is 14.3. The number of sulfonamides is 1. The van der Waals surface area contributed by atoms with Crippen LogP contribution in [0.5, 0.6) is 0 Å². The van der Waals surface area contributed by atoms with Gasteiger partial charge >= 0.3 is 0 Å². The molecule has 9 heteroatoms. The van der Waals surface area contributed by atoms with E-state index in [0.717, 1.165) is 0 Å². The van der Waals surface area contributed by atoms with Gasteiger partial charge in [-0.2, -0.15) is 9.57 Å². The summed E-state index contributed by atoms with van der Waals surface area (Å²) >= 11 is 0. The van der Waals surface area contributed by atoms with Crippen molar-refractivity contribution in [3.8, 4) is 6.07 Å². The average molecular weight is 374 g/mol. The van der Waals surface area contributed by atoms with Crippen molar-refractivity contribution < 1.29 is 17.7 Å². The first-order valence-electron chi connectivity index (χ1n) is 8.07. The molecule has 8 nitrogen and oxygen atoms in total. The third kappa shape index (κ3) is 3.21. The molecular formula is C17H18N4O4S. The Morgan fingerprint density at radius 2 is 1.92 bits per heavy atom. The maximum Gasteiger partial charge on any atom is 0.253 e. The van der Waals surface area contributed by atoms with Gasteiger partial charge in [0, 0.05) is 31.7 Å². The van der Waals surface area contributed by atoms with E-state index in [4.69, 9.17) is 9.78 Å². The molecule has 2 heterocycles. The predicted molar refractivity (Wildman–Crippen MR) is 91.8 cm³/mol. The summed E-state index contributed by atoms with van der Waals surface area (Å²) in [7, 11) is -3.71. The van der Waals surface area contributed by atoms with E-state index in [9.17, 15) is 13.2 Å². The van der Waals surface area contributed by atoms with Crippen LogP contribution in [0, 0.1) is 25.2 Å². The lowest BCUT2D eigenvalue weighted by molar-refractivity contribution is 0.0697. The van der Waals surface area contributed by atoms with E-state index in [1.165, 1.54) is 10.4 Å². The van der Waals surface area contributed by atoms with E-state index < -0.39 is 10.0 Å². The van der Waals surface area contributed by atoms with Crippen LogP contribution >= 0.6 is 0 Å². The zero-order valence-corrected chi connectivity index (χ0v) is 15.3. The summed E-state index contributed by atoms with van der Waals surface area (Å²) in [6.45, 7) is 4.09. The van der Waals surface area contributed by atoms with Crippen LogP contribution in [0.15, 0.2) is 33.7 Å². The van der Waals surface area contributed by atoms with Crippen molar-refractivity contribution in [2.45, 2.75) is 18.7 Å². The highest BCUT2D eigenvalue weighted by atomic mass is 32.2. The third-order valence-electron chi connectivity index (χ3n) is 4.33. The molecule has 3 rings (SSSR count). The highest BCUT2D eigenvalue weighted by molar-refractivity contribution is 7.89. The number of aromatic nitrogens is 1. The lowest BCUT2D eigenvalue weighted by atomic mass is 10.1. The Balaban J connectivity index is 1.73. The van der Waals surface area contributed by atoms with E-state index >= 15 is 0 Å². The molecule has 136 valence electrons. The fourth-order valence-electron chi connectivity index (χ4n) is 3.01. The van der Waals surface area contributed by atoms with Crippen molar-refractivity contribution in [1.29, 1.82) is 5.26 Å². The van der Waals surface area contributed by atoms with Gasteiger partial charge in [0.15, 0.2) is 5.76 Å². The molecule has 1 fully saturated rings. The number of amides is 1. The van der Waals surface area contributed by atoms with Gasteiger partial charge in [0.25, 0.3) is 5.91 Å². The molecule has 1 aromatic carbocycles. The molecule has 1 amide bonds. The molecule has 0 radical (unpaired) electrons. The van der Waals surface area contributed by atoms with E-state index in [1.807, 2.05) is 6.07 Å². The van der Waals surface area contributed by atoms with Gasteiger partial charge in [-0.1, -0.05) is 11.2 Å². The molecule has 1 aliphatic heterocycles. The molecule has 0 aliphatic carbocycles. The number of carbonyl (C=O) groups is 1. The zero-order chi connectivity index (χ0) is 18.9. The standard InChI is InChI=1S/C17H18N4O4S/c1-12-16(13(2)25-19-12)26(23,24)21-8-6-20(7-9-21)17(22)15-5-3-4-14(10-15)11-18/h3-5,10H,6-9H2,1-2H3. The molecule has 1 saturated heterocycles. The Morgan fingerprint density at radius 1 is 1.23 bits per heavy atom. The topological polar surface area (TPSA) is 108 Å². The van der Waals surface area contributed by atoms with Crippen LogP contribution in [0.1, 0.15) is 27.4 Å². The van der Waals surface area contributed by atoms with Crippen molar-refractivity contribution in [3.05, 3.63) is 46.8 Å². The number of aryl methyl sites for hydroxylation is 2. The Labute approximate surface area is 151 Å². The zero-order valence-electron chi connectivity index (χ0n) is 14.5. The molecule has 0 bridgehead atoms. The maximum absolute atomic E-state index is 12.8. The molecule has 1 aliphatic rings. The molecule has 1 aromatic heterocycles. The van der Waals surface area contributed by atoms with Crippen molar-refractivity contribution in [2.75, 3.05) is 26.2 Å². The van der Waals surface area contributed by atoms with Crippen molar-refractivity contribution >= 4 is 15.9 Å². The quantitative estimate of drug-likeness (QED) is 0.802. The van der Waals surface area contributed by atoms with E-state index in [0.29, 0.717) is 16.8 Å². The lowest BCUT2D eigenvalue weighted by Gasteiger charge is -2.34. The van der Waals surface area contributed by atoms with Gasteiger partial charge in [0.05, 0.1) is 11.6 Å². The molecule has 0 N–H and O–H groups in total. The van der Waals surface area contributed by atoms with Crippen LogP contribution in [-0.4, -0.2) is 54.9 Å². The van der Waals surface area contributed by atoms with Crippen molar-refractivity contribution in [2.24, 2.45) is 0 Å². The second-order valence-electron chi connectivity index (χ2n) is 6.04. The summed E-state index contributed by atoms with van der Waals surface area (Å²) in [5.74, 6) is 0.0470. The second-order valence-corrected chi connectivity index (χ2v) is 7.92. The molecule has 0 saturated carbocycles. The monoisotopic (exact) mass is 374 g/mol. The van der Waals surface area contributed by atoms with Crippen LogP contribution in [-0.2, 0) is 10.0 Å². The summed E-state index contributed by atoms with van der Waals surface area (Å²) in [6.07, 6.45) is 0. The lowest BCUT2D eigenvalue weighted by Crippen LogP contribution is -2.50. The van der Waals surface area contributed by atoms with Crippen LogP contribution < -0.4 is 0 Å². The summed E-state index contributed by atoms with van der Waals surface area (Å²) in [5, 5.41) is 12.7. The van der Waals surface area contributed by atoms with E-state index in [1.54, 1.807) is 36.9 Å². The largest absolute Gasteiger partial charge is 0.360 e. The molecule has 0 spiro atoms. The second kappa shape index (κ2) is 6.90. The van der Waals surface area contributed by atoms with Crippen LogP contribution in [0.4, 0.5) is 0 Å². The molecule has 0 unspecified atom stereocenters. The highest BCUT2D eigenvalue weighted by Crippen LogP contribution is 2.24. The number of benzene rings is 1. The van der Waals surface area contributed by atoms with Gasteiger partial charge < -0.3 is 9.42 Å².